The molecule has 0 aliphatic carbocycles. The molecule has 1 aliphatic heterocycles. The Balaban J connectivity index is 1.34. The minimum Gasteiger partial charge on any atom is -0.468 e. The number of H-pyrrole nitrogens is 1. The minimum atomic E-state index is 0.260. The second-order valence-corrected chi connectivity index (χ2v) is 6.74. The van der Waals surface area contributed by atoms with E-state index in [9.17, 15) is 0 Å². The Bertz CT molecular complexity index is 1000. The summed E-state index contributed by atoms with van der Waals surface area (Å²) >= 11 is 0. The van der Waals surface area contributed by atoms with E-state index in [4.69, 9.17) is 8.94 Å². The van der Waals surface area contributed by atoms with Crippen molar-refractivity contribution in [2.45, 2.75) is 25.3 Å². The maximum absolute atomic E-state index is 5.60. The first kappa shape index (κ1) is 15.3. The monoisotopic (exact) mass is 349 g/mol. The normalized spacial score (nSPS) is 18.5. The largest absolute Gasteiger partial charge is 0.468 e. The van der Waals surface area contributed by atoms with Crippen molar-refractivity contribution >= 4 is 11.0 Å². The summed E-state index contributed by atoms with van der Waals surface area (Å²) in [6.07, 6.45) is 5.59. The number of hydrogen-bond acceptors (Lipinski definition) is 6. The van der Waals surface area contributed by atoms with Crippen LogP contribution in [-0.4, -0.2) is 38.1 Å². The Morgan fingerprint density at radius 1 is 1.27 bits per heavy atom. The van der Waals surface area contributed by atoms with Gasteiger partial charge in [0, 0.05) is 12.1 Å². The van der Waals surface area contributed by atoms with Crippen LogP contribution in [0.3, 0.4) is 0 Å². The Labute approximate surface area is 150 Å². The molecule has 0 spiro atoms. The molecule has 1 aliphatic rings. The molecule has 7 heteroatoms. The molecule has 1 N–H and O–H groups in total. The molecule has 7 nitrogen and oxygen atoms in total. The number of hydrogen-bond donors (Lipinski definition) is 1. The van der Waals surface area contributed by atoms with Crippen LogP contribution in [0.1, 0.15) is 30.4 Å². The zero-order valence-corrected chi connectivity index (χ0v) is 14.3. The van der Waals surface area contributed by atoms with Crippen LogP contribution >= 0.6 is 0 Å². The molecule has 26 heavy (non-hydrogen) atoms. The Morgan fingerprint density at radius 3 is 3.19 bits per heavy atom. The van der Waals surface area contributed by atoms with Crippen molar-refractivity contribution in [1.82, 2.24) is 25.0 Å². The molecule has 1 atom stereocenters. The molecule has 1 fully saturated rings. The molecule has 132 valence electrons. The number of aromatic nitrogens is 4. The molecule has 4 aromatic rings. The first-order valence-electron chi connectivity index (χ1n) is 8.87. The highest BCUT2D eigenvalue weighted by Gasteiger charge is 2.26. The van der Waals surface area contributed by atoms with Crippen molar-refractivity contribution in [3.05, 3.63) is 54.6 Å². The minimum absolute atomic E-state index is 0.260. The highest BCUT2D eigenvalue weighted by atomic mass is 16.5. The predicted octanol–water partition coefficient (Wildman–Crippen LogP) is 3.59. The summed E-state index contributed by atoms with van der Waals surface area (Å²) < 4.78 is 11.1. The number of fused-ring (bicyclic) bond motifs is 1. The number of aromatic amines is 1. The fourth-order valence-electron chi connectivity index (χ4n) is 3.62. The lowest BCUT2D eigenvalue weighted by Crippen LogP contribution is -2.33. The summed E-state index contributed by atoms with van der Waals surface area (Å²) in [6.45, 7) is 2.79. The summed E-state index contributed by atoms with van der Waals surface area (Å²) in [7, 11) is 0. The number of nitrogens with one attached hydrogen (secondary N) is 1. The first-order valence-corrected chi connectivity index (χ1v) is 8.87. The molecule has 5 rings (SSSR count). The summed E-state index contributed by atoms with van der Waals surface area (Å²) in [5.41, 5.74) is 2.83. The van der Waals surface area contributed by atoms with E-state index in [1.54, 1.807) is 12.6 Å². The van der Waals surface area contributed by atoms with Gasteiger partial charge in [-0.25, -0.2) is 4.98 Å². The van der Waals surface area contributed by atoms with Gasteiger partial charge in [-0.15, -0.1) is 0 Å². The maximum atomic E-state index is 5.60. The van der Waals surface area contributed by atoms with Gasteiger partial charge in [-0.1, -0.05) is 5.16 Å². The quantitative estimate of drug-likeness (QED) is 0.606. The summed E-state index contributed by atoms with van der Waals surface area (Å²) in [5.74, 6) is 2.59. The van der Waals surface area contributed by atoms with Crippen molar-refractivity contribution in [3.8, 4) is 11.4 Å². The Kier molecular flexibility index (Phi) is 3.79. The van der Waals surface area contributed by atoms with E-state index < -0.39 is 0 Å². The Hall–Kier alpha value is -2.93. The van der Waals surface area contributed by atoms with Crippen molar-refractivity contribution in [3.63, 3.8) is 0 Å². The SMILES string of the molecule is c1coc(CN2CCC[C@H](c3nc(-c4ccc5nc[nH]c5c4)no3)C2)c1. The summed E-state index contributed by atoms with van der Waals surface area (Å²) in [5, 5.41) is 4.20. The molecular weight excluding hydrogens is 330 g/mol. The van der Waals surface area contributed by atoms with Crippen LogP contribution in [0, 0.1) is 0 Å². The van der Waals surface area contributed by atoms with Gasteiger partial charge in [-0.05, 0) is 49.7 Å². The van der Waals surface area contributed by atoms with Crippen molar-refractivity contribution in [2.24, 2.45) is 0 Å². The van der Waals surface area contributed by atoms with E-state index in [2.05, 4.69) is 25.0 Å². The van der Waals surface area contributed by atoms with Gasteiger partial charge in [0.05, 0.1) is 36.1 Å². The molecule has 0 amide bonds. The number of furan rings is 1. The second-order valence-electron chi connectivity index (χ2n) is 6.74. The highest BCUT2D eigenvalue weighted by molar-refractivity contribution is 5.79. The molecule has 0 radical (unpaired) electrons. The lowest BCUT2D eigenvalue weighted by molar-refractivity contribution is 0.169. The van der Waals surface area contributed by atoms with E-state index in [1.807, 2.05) is 30.3 Å². The molecule has 0 saturated carbocycles. The van der Waals surface area contributed by atoms with E-state index >= 15 is 0 Å². The van der Waals surface area contributed by atoms with Gasteiger partial charge in [-0.2, -0.15) is 4.98 Å². The van der Waals surface area contributed by atoms with Gasteiger partial charge in [0.1, 0.15) is 5.76 Å². The highest BCUT2D eigenvalue weighted by Crippen LogP contribution is 2.29. The number of rotatable bonds is 4. The number of nitrogens with zero attached hydrogens (tertiary/aromatic N) is 4. The third-order valence-electron chi connectivity index (χ3n) is 4.93. The third-order valence-corrected chi connectivity index (χ3v) is 4.93. The van der Waals surface area contributed by atoms with Gasteiger partial charge in [0.15, 0.2) is 0 Å². The topological polar surface area (TPSA) is 84.0 Å². The molecule has 0 bridgehead atoms. The number of likely N-dealkylation sites (tertiary alicyclic amines) is 1. The standard InChI is InChI=1S/C19H19N5O2/c1-3-14(10-24(7-1)11-15-4-2-8-25-15)19-22-18(23-26-19)13-5-6-16-17(9-13)21-12-20-16/h2,4-6,8-9,12,14H,1,3,7,10-11H2,(H,20,21)/t14-/m0/s1. The molecule has 3 aromatic heterocycles. The van der Waals surface area contributed by atoms with Crippen molar-refractivity contribution < 1.29 is 8.94 Å². The summed E-state index contributed by atoms with van der Waals surface area (Å²) in [6, 6.07) is 9.88. The summed E-state index contributed by atoms with van der Waals surface area (Å²) in [4.78, 5) is 14.4. The van der Waals surface area contributed by atoms with Crippen LogP contribution in [0.5, 0.6) is 0 Å². The lowest BCUT2D eigenvalue weighted by atomic mass is 9.98. The smallest absolute Gasteiger partial charge is 0.231 e. The van der Waals surface area contributed by atoms with Gasteiger partial charge >= 0.3 is 0 Å². The van der Waals surface area contributed by atoms with E-state index in [-0.39, 0.29) is 5.92 Å². The van der Waals surface area contributed by atoms with E-state index in [0.717, 1.165) is 54.8 Å². The Morgan fingerprint density at radius 2 is 2.27 bits per heavy atom. The van der Waals surface area contributed by atoms with Crippen LogP contribution in [-0.2, 0) is 6.54 Å². The molecule has 1 aromatic carbocycles. The molecule has 0 unspecified atom stereocenters. The maximum Gasteiger partial charge on any atom is 0.231 e. The van der Waals surface area contributed by atoms with Crippen LogP contribution in [0.2, 0.25) is 0 Å². The lowest BCUT2D eigenvalue weighted by Gasteiger charge is -2.30. The van der Waals surface area contributed by atoms with Gasteiger partial charge < -0.3 is 13.9 Å². The third kappa shape index (κ3) is 2.90. The second kappa shape index (κ2) is 6.42. The van der Waals surface area contributed by atoms with Crippen molar-refractivity contribution in [1.29, 1.82) is 0 Å². The van der Waals surface area contributed by atoms with Crippen LogP contribution in [0.15, 0.2) is 51.9 Å². The molecule has 1 saturated heterocycles. The molecular formula is C19H19N5O2. The number of imidazole rings is 1. The predicted molar refractivity (Wildman–Crippen MR) is 95.3 cm³/mol. The van der Waals surface area contributed by atoms with Gasteiger partial charge in [0.25, 0.3) is 0 Å². The van der Waals surface area contributed by atoms with Crippen molar-refractivity contribution in [2.75, 3.05) is 13.1 Å². The average Bonchev–Trinajstić information content (AvgIpc) is 3.42. The van der Waals surface area contributed by atoms with E-state index in [0.29, 0.717) is 11.7 Å². The number of benzene rings is 1. The fourth-order valence-corrected chi connectivity index (χ4v) is 3.62. The average molecular weight is 349 g/mol. The fraction of sp³-hybridized carbons (Fsp3) is 0.316. The van der Waals surface area contributed by atoms with Crippen LogP contribution < -0.4 is 0 Å². The van der Waals surface area contributed by atoms with E-state index in [1.165, 1.54) is 0 Å². The van der Waals surface area contributed by atoms with Gasteiger partial charge in [0.2, 0.25) is 11.7 Å². The van der Waals surface area contributed by atoms with Crippen LogP contribution in [0.4, 0.5) is 0 Å². The van der Waals surface area contributed by atoms with Crippen LogP contribution in [0.25, 0.3) is 22.4 Å². The first-order chi connectivity index (χ1) is 12.8. The van der Waals surface area contributed by atoms with Gasteiger partial charge in [-0.3, -0.25) is 4.90 Å². The zero-order valence-electron chi connectivity index (χ0n) is 14.3. The molecule has 4 heterocycles. The zero-order chi connectivity index (χ0) is 17.3. The number of piperidine rings is 1.